The number of carbonyl (C=O) groups excluding carboxylic acids is 2. The first-order chi connectivity index (χ1) is 9.62. The standard InChI is InChI=1S/C15H28N2O3/c1-4-12(5-2)10-17(11-14(18)20-3)15(19)13-7-6-8-16-9-13/h12-13,16H,4-11H2,1-3H3. The Balaban J connectivity index is 2.68. The van der Waals surface area contributed by atoms with Gasteiger partial charge in [0.2, 0.25) is 5.91 Å². The number of rotatable bonds is 7. The minimum absolute atomic E-state index is 0.00256. The Hall–Kier alpha value is -1.10. The lowest BCUT2D eigenvalue weighted by molar-refractivity contribution is -0.149. The number of methoxy groups -OCH3 is 1. The smallest absolute Gasteiger partial charge is 0.325 e. The van der Waals surface area contributed by atoms with Crippen LogP contribution in [0.5, 0.6) is 0 Å². The molecule has 20 heavy (non-hydrogen) atoms. The van der Waals surface area contributed by atoms with Gasteiger partial charge in [-0.1, -0.05) is 26.7 Å². The molecule has 1 amide bonds. The molecule has 1 fully saturated rings. The number of piperidine rings is 1. The van der Waals surface area contributed by atoms with Crippen molar-refractivity contribution in [3.63, 3.8) is 0 Å². The monoisotopic (exact) mass is 284 g/mol. The summed E-state index contributed by atoms with van der Waals surface area (Å²) >= 11 is 0. The Labute approximate surface area is 122 Å². The predicted octanol–water partition coefficient (Wildman–Crippen LogP) is 1.42. The first-order valence-electron chi connectivity index (χ1n) is 7.68. The zero-order valence-corrected chi connectivity index (χ0v) is 13.0. The van der Waals surface area contributed by atoms with Gasteiger partial charge in [0.15, 0.2) is 0 Å². The molecule has 1 heterocycles. The van der Waals surface area contributed by atoms with E-state index in [4.69, 9.17) is 4.74 Å². The van der Waals surface area contributed by atoms with Gasteiger partial charge in [-0.15, -0.1) is 0 Å². The Morgan fingerprint density at radius 1 is 1.35 bits per heavy atom. The van der Waals surface area contributed by atoms with Crippen LogP contribution in [-0.4, -0.2) is 50.1 Å². The van der Waals surface area contributed by atoms with Crippen molar-refractivity contribution in [2.75, 3.05) is 33.3 Å². The first kappa shape index (κ1) is 17.0. The highest BCUT2D eigenvalue weighted by atomic mass is 16.5. The van der Waals surface area contributed by atoms with E-state index < -0.39 is 0 Å². The third-order valence-corrected chi connectivity index (χ3v) is 4.14. The highest BCUT2D eigenvalue weighted by molar-refractivity contribution is 5.83. The van der Waals surface area contributed by atoms with Crippen molar-refractivity contribution in [2.24, 2.45) is 11.8 Å². The molecule has 0 aliphatic carbocycles. The minimum Gasteiger partial charge on any atom is -0.468 e. The van der Waals surface area contributed by atoms with Crippen molar-refractivity contribution >= 4 is 11.9 Å². The SMILES string of the molecule is CCC(CC)CN(CC(=O)OC)C(=O)C1CCCNC1. The molecule has 1 atom stereocenters. The molecule has 1 rings (SSSR count). The van der Waals surface area contributed by atoms with Gasteiger partial charge in [-0.05, 0) is 25.3 Å². The molecule has 1 N–H and O–H groups in total. The van der Waals surface area contributed by atoms with Gasteiger partial charge in [0.1, 0.15) is 6.54 Å². The lowest BCUT2D eigenvalue weighted by Crippen LogP contribution is -2.46. The fourth-order valence-corrected chi connectivity index (χ4v) is 2.63. The normalized spacial score (nSPS) is 18.9. The fourth-order valence-electron chi connectivity index (χ4n) is 2.63. The molecule has 1 unspecified atom stereocenters. The predicted molar refractivity (Wildman–Crippen MR) is 78.3 cm³/mol. The van der Waals surface area contributed by atoms with Crippen LogP contribution in [0, 0.1) is 11.8 Å². The molecule has 0 aromatic carbocycles. The van der Waals surface area contributed by atoms with Crippen molar-refractivity contribution in [1.29, 1.82) is 0 Å². The summed E-state index contributed by atoms with van der Waals surface area (Å²) in [6.07, 6.45) is 3.97. The van der Waals surface area contributed by atoms with E-state index in [9.17, 15) is 9.59 Å². The average molecular weight is 284 g/mol. The molecule has 0 saturated carbocycles. The molecule has 0 aromatic heterocycles. The number of ether oxygens (including phenoxy) is 1. The number of hydrogen-bond acceptors (Lipinski definition) is 4. The number of hydrogen-bond donors (Lipinski definition) is 1. The van der Waals surface area contributed by atoms with Crippen LogP contribution < -0.4 is 5.32 Å². The average Bonchev–Trinajstić information content (AvgIpc) is 2.51. The van der Waals surface area contributed by atoms with Gasteiger partial charge in [-0.3, -0.25) is 9.59 Å². The lowest BCUT2D eigenvalue weighted by atomic mass is 9.96. The Morgan fingerprint density at radius 3 is 2.55 bits per heavy atom. The zero-order valence-electron chi connectivity index (χ0n) is 13.0. The van der Waals surface area contributed by atoms with E-state index in [1.54, 1.807) is 4.90 Å². The molecule has 0 spiro atoms. The molecule has 5 nitrogen and oxygen atoms in total. The largest absolute Gasteiger partial charge is 0.468 e. The molecule has 1 saturated heterocycles. The lowest BCUT2D eigenvalue weighted by Gasteiger charge is -2.31. The van der Waals surface area contributed by atoms with Crippen LogP contribution in [0.2, 0.25) is 0 Å². The van der Waals surface area contributed by atoms with E-state index in [0.29, 0.717) is 12.5 Å². The topological polar surface area (TPSA) is 58.6 Å². The maximum Gasteiger partial charge on any atom is 0.325 e. The van der Waals surface area contributed by atoms with Crippen LogP contribution >= 0.6 is 0 Å². The fraction of sp³-hybridized carbons (Fsp3) is 0.867. The number of esters is 1. The third kappa shape index (κ3) is 5.12. The van der Waals surface area contributed by atoms with Crippen molar-refractivity contribution in [3.05, 3.63) is 0 Å². The van der Waals surface area contributed by atoms with Gasteiger partial charge in [-0.25, -0.2) is 0 Å². The second-order valence-corrected chi connectivity index (χ2v) is 5.52. The number of nitrogens with zero attached hydrogens (tertiary/aromatic N) is 1. The Bertz CT molecular complexity index is 310. The summed E-state index contributed by atoms with van der Waals surface area (Å²) in [5.41, 5.74) is 0. The maximum absolute atomic E-state index is 12.6. The van der Waals surface area contributed by atoms with Crippen molar-refractivity contribution in [3.8, 4) is 0 Å². The number of carbonyl (C=O) groups is 2. The number of nitrogens with one attached hydrogen (secondary N) is 1. The summed E-state index contributed by atoms with van der Waals surface area (Å²) in [6, 6.07) is 0. The molecule has 5 heteroatoms. The molecule has 116 valence electrons. The molecule has 0 bridgehead atoms. The third-order valence-electron chi connectivity index (χ3n) is 4.14. The van der Waals surface area contributed by atoms with E-state index in [0.717, 1.165) is 38.8 Å². The van der Waals surface area contributed by atoms with Gasteiger partial charge in [0, 0.05) is 13.1 Å². The molecule has 0 aromatic rings. The Kier molecular flexibility index (Phi) is 7.59. The summed E-state index contributed by atoms with van der Waals surface area (Å²) in [6.45, 7) is 6.67. The van der Waals surface area contributed by atoms with E-state index in [-0.39, 0.29) is 24.3 Å². The quantitative estimate of drug-likeness (QED) is 0.718. The van der Waals surface area contributed by atoms with Crippen molar-refractivity contribution < 1.29 is 14.3 Å². The van der Waals surface area contributed by atoms with Crippen molar-refractivity contribution in [1.82, 2.24) is 10.2 Å². The van der Waals surface area contributed by atoms with Crippen molar-refractivity contribution in [2.45, 2.75) is 39.5 Å². The summed E-state index contributed by atoms with van der Waals surface area (Å²) in [5.74, 6) is 0.200. The van der Waals surface area contributed by atoms with Gasteiger partial charge in [0.05, 0.1) is 13.0 Å². The van der Waals surface area contributed by atoms with E-state index in [1.807, 2.05) is 0 Å². The molecule has 1 aliphatic rings. The molecule has 0 radical (unpaired) electrons. The summed E-state index contributed by atoms with van der Waals surface area (Å²) < 4.78 is 4.72. The van der Waals surface area contributed by atoms with Crippen LogP contribution in [0.15, 0.2) is 0 Å². The van der Waals surface area contributed by atoms with Gasteiger partial charge >= 0.3 is 5.97 Å². The minimum atomic E-state index is -0.340. The van der Waals surface area contributed by atoms with Gasteiger partial charge in [-0.2, -0.15) is 0 Å². The maximum atomic E-state index is 12.6. The van der Waals surface area contributed by atoms with E-state index in [2.05, 4.69) is 19.2 Å². The summed E-state index contributed by atoms with van der Waals surface area (Å²) in [7, 11) is 1.37. The Morgan fingerprint density at radius 2 is 2.05 bits per heavy atom. The number of amides is 1. The van der Waals surface area contributed by atoms with Gasteiger partial charge in [0.25, 0.3) is 0 Å². The molecular formula is C15H28N2O3. The van der Waals surface area contributed by atoms with Crippen LogP contribution in [0.1, 0.15) is 39.5 Å². The molecule has 1 aliphatic heterocycles. The van der Waals surface area contributed by atoms with Gasteiger partial charge < -0.3 is 15.0 Å². The molecular weight excluding hydrogens is 256 g/mol. The second-order valence-electron chi connectivity index (χ2n) is 5.52. The van der Waals surface area contributed by atoms with Crippen LogP contribution in [0.25, 0.3) is 0 Å². The van der Waals surface area contributed by atoms with E-state index >= 15 is 0 Å². The highest BCUT2D eigenvalue weighted by Crippen LogP contribution is 2.17. The van der Waals surface area contributed by atoms with E-state index in [1.165, 1.54) is 7.11 Å². The first-order valence-corrected chi connectivity index (χ1v) is 7.68. The summed E-state index contributed by atoms with van der Waals surface area (Å²) in [5, 5.41) is 3.26. The zero-order chi connectivity index (χ0) is 15.0. The second kappa shape index (κ2) is 8.95. The van der Waals surface area contributed by atoms with Crippen LogP contribution in [0.3, 0.4) is 0 Å². The van der Waals surface area contributed by atoms with Crippen LogP contribution in [-0.2, 0) is 14.3 Å². The summed E-state index contributed by atoms with van der Waals surface area (Å²) in [4.78, 5) is 25.8. The van der Waals surface area contributed by atoms with Crippen LogP contribution in [0.4, 0.5) is 0 Å². The highest BCUT2D eigenvalue weighted by Gasteiger charge is 2.28.